The Morgan fingerprint density at radius 3 is 2.74 bits per heavy atom. The summed E-state index contributed by atoms with van der Waals surface area (Å²) in [5, 5.41) is 12.2. The summed E-state index contributed by atoms with van der Waals surface area (Å²) in [6.07, 6.45) is 5.58. The van der Waals surface area contributed by atoms with Crippen LogP contribution in [0.25, 0.3) is 0 Å². The van der Waals surface area contributed by atoms with Gasteiger partial charge in [0, 0.05) is 6.04 Å². The average molecular weight is 270 g/mol. The molecule has 0 spiro atoms. The molecule has 0 aromatic carbocycles. The second-order valence-corrected chi connectivity index (χ2v) is 5.43. The maximum absolute atomic E-state index is 11.9. The lowest BCUT2D eigenvalue weighted by Crippen LogP contribution is -2.47. The van der Waals surface area contributed by atoms with Gasteiger partial charge in [-0.15, -0.1) is 0 Å². The molecule has 0 saturated carbocycles. The van der Waals surface area contributed by atoms with Gasteiger partial charge in [0.05, 0.1) is 6.54 Å². The Balaban J connectivity index is 2.51. The number of carbonyl (C=O) groups is 2. The zero-order valence-electron chi connectivity index (χ0n) is 12.0. The Labute approximate surface area is 115 Å². The van der Waals surface area contributed by atoms with E-state index in [1.54, 1.807) is 0 Å². The molecule has 5 nitrogen and oxygen atoms in total. The van der Waals surface area contributed by atoms with Gasteiger partial charge in [0.2, 0.25) is 5.91 Å². The Bertz CT molecular complexity index is 307. The minimum Gasteiger partial charge on any atom is -0.480 e. The van der Waals surface area contributed by atoms with Crippen molar-refractivity contribution in [1.29, 1.82) is 0 Å². The molecule has 0 aromatic rings. The van der Waals surface area contributed by atoms with Gasteiger partial charge in [-0.25, -0.2) is 0 Å². The first kappa shape index (κ1) is 16.0. The molecule has 5 heteroatoms. The van der Waals surface area contributed by atoms with Crippen molar-refractivity contribution in [2.75, 3.05) is 13.1 Å². The second-order valence-electron chi connectivity index (χ2n) is 5.43. The second kappa shape index (κ2) is 8.15. The molecular weight excluding hydrogens is 244 g/mol. The fourth-order valence-electron chi connectivity index (χ4n) is 2.65. The van der Waals surface area contributed by atoms with Crippen LogP contribution in [0.2, 0.25) is 0 Å². The van der Waals surface area contributed by atoms with Crippen LogP contribution in [0, 0.1) is 0 Å². The summed E-state index contributed by atoms with van der Waals surface area (Å²) >= 11 is 0. The van der Waals surface area contributed by atoms with E-state index in [9.17, 15) is 14.7 Å². The quantitative estimate of drug-likeness (QED) is 0.769. The van der Waals surface area contributed by atoms with Crippen molar-refractivity contribution in [2.45, 2.75) is 64.5 Å². The summed E-state index contributed by atoms with van der Waals surface area (Å²) in [5.74, 6) is -0.870. The van der Waals surface area contributed by atoms with E-state index in [-0.39, 0.29) is 18.5 Å². The summed E-state index contributed by atoms with van der Waals surface area (Å²) in [7, 11) is 0. The van der Waals surface area contributed by atoms with Crippen molar-refractivity contribution >= 4 is 11.9 Å². The molecule has 19 heavy (non-hydrogen) atoms. The van der Waals surface area contributed by atoms with Gasteiger partial charge >= 0.3 is 5.97 Å². The normalized spacial score (nSPS) is 22.5. The van der Waals surface area contributed by atoms with Gasteiger partial charge in [-0.1, -0.05) is 26.2 Å². The van der Waals surface area contributed by atoms with Crippen LogP contribution in [0.3, 0.4) is 0 Å². The standard InChI is InChI=1S/C14H26N2O3/c1-3-7-11(2)15-13(17)10-16-9-6-4-5-8-12(16)14(18)19/h11-12H,3-10H2,1-2H3,(H,15,17)(H,18,19). The van der Waals surface area contributed by atoms with Gasteiger partial charge in [-0.3, -0.25) is 14.5 Å². The summed E-state index contributed by atoms with van der Waals surface area (Å²) < 4.78 is 0. The van der Waals surface area contributed by atoms with Crippen LogP contribution >= 0.6 is 0 Å². The van der Waals surface area contributed by atoms with Crippen LogP contribution in [0.1, 0.15) is 52.4 Å². The number of hydrogen-bond donors (Lipinski definition) is 2. The van der Waals surface area contributed by atoms with Crippen LogP contribution in [0.4, 0.5) is 0 Å². The van der Waals surface area contributed by atoms with Gasteiger partial charge in [0.25, 0.3) is 0 Å². The van der Waals surface area contributed by atoms with Crippen LogP contribution in [0.5, 0.6) is 0 Å². The van der Waals surface area contributed by atoms with Crippen molar-refractivity contribution in [3.8, 4) is 0 Å². The maximum Gasteiger partial charge on any atom is 0.320 e. The zero-order valence-corrected chi connectivity index (χ0v) is 12.0. The Morgan fingerprint density at radius 1 is 1.37 bits per heavy atom. The molecule has 1 aliphatic rings. The van der Waals surface area contributed by atoms with Crippen LogP contribution in [-0.2, 0) is 9.59 Å². The molecular formula is C14H26N2O3. The van der Waals surface area contributed by atoms with E-state index in [0.29, 0.717) is 13.0 Å². The number of amides is 1. The maximum atomic E-state index is 11.9. The third-order valence-electron chi connectivity index (χ3n) is 3.62. The van der Waals surface area contributed by atoms with Crippen LogP contribution in [0.15, 0.2) is 0 Å². The molecule has 2 atom stereocenters. The first-order valence-electron chi connectivity index (χ1n) is 7.30. The van der Waals surface area contributed by atoms with Crippen molar-refractivity contribution in [3.05, 3.63) is 0 Å². The average Bonchev–Trinajstić information content (AvgIpc) is 2.54. The highest BCUT2D eigenvalue weighted by molar-refractivity contribution is 5.80. The number of nitrogens with zero attached hydrogens (tertiary/aromatic N) is 1. The summed E-state index contributed by atoms with van der Waals surface area (Å²) in [5.41, 5.74) is 0. The lowest BCUT2D eigenvalue weighted by molar-refractivity contribution is -0.144. The smallest absolute Gasteiger partial charge is 0.320 e. The molecule has 1 amide bonds. The Morgan fingerprint density at radius 2 is 2.11 bits per heavy atom. The van der Waals surface area contributed by atoms with Crippen LogP contribution in [-0.4, -0.2) is 47.1 Å². The van der Waals surface area contributed by atoms with E-state index in [2.05, 4.69) is 12.2 Å². The number of rotatable bonds is 6. The highest BCUT2D eigenvalue weighted by Gasteiger charge is 2.28. The van der Waals surface area contributed by atoms with Crippen LogP contribution < -0.4 is 5.32 Å². The SMILES string of the molecule is CCCC(C)NC(=O)CN1CCCCCC1C(=O)O. The highest BCUT2D eigenvalue weighted by Crippen LogP contribution is 2.16. The van der Waals surface area contributed by atoms with Gasteiger partial charge < -0.3 is 10.4 Å². The van der Waals surface area contributed by atoms with Gasteiger partial charge in [0.1, 0.15) is 6.04 Å². The molecule has 2 unspecified atom stereocenters. The van der Waals surface area contributed by atoms with Gasteiger partial charge in [0.15, 0.2) is 0 Å². The van der Waals surface area contributed by atoms with E-state index in [1.165, 1.54) is 0 Å². The van der Waals surface area contributed by atoms with Crippen molar-refractivity contribution in [3.63, 3.8) is 0 Å². The molecule has 1 fully saturated rings. The van der Waals surface area contributed by atoms with Gasteiger partial charge in [-0.05, 0) is 32.7 Å². The number of carboxylic acid groups (broad SMARTS) is 1. The number of carboxylic acids is 1. The molecule has 1 heterocycles. The molecule has 2 N–H and O–H groups in total. The minimum atomic E-state index is -0.809. The van der Waals surface area contributed by atoms with E-state index < -0.39 is 12.0 Å². The fraction of sp³-hybridized carbons (Fsp3) is 0.857. The number of nitrogens with one attached hydrogen (secondary N) is 1. The molecule has 0 bridgehead atoms. The van der Waals surface area contributed by atoms with E-state index in [0.717, 1.165) is 32.1 Å². The largest absolute Gasteiger partial charge is 0.480 e. The van der Waals surface area contributed by atoms with E-state index in [4.69, 9.17) is 0 Å². The lowest BCUT2D eigenvalue weighted by Gasteiger charge is -2.26. The molecule has 1 saturated heterocycles. The zero-order chi connectivity index (χ0) is 14.3. The third kappa shape index (κ3) is 5.59. The topological polar surface area (TPSA) is 69.6 Å². The number of hydrogen-bond acceptors (Lipinski definition) is 3. The van der Waals surface area contributed by atoms with E-state index >= 15 is 0 Å². The minimum absolute atomic E-state index is 0.0610. The van der Waals surface area contributed by atoms with E-state index in [1.807, 2.05) is 11.8 Å². The monoisotopic (exact) mass is 270 g/mol. The Kier molecular flexibility index (Phi) is 6.84. The number of aliphatic carboxylic acids is 1. The predicted octanol–water partition coefficient (Wildman–Crippen LogP) is 1.62. The van der Waals surface area contributed by atoms with Crippen molar-refractivity contribution in [2.24, 2.45) is 0 Å². The molecule has 1 aliphatic heterocycles. The number of carbonyl (C=O) groups excluding carboxylic acids is 1. The molecule has 1 rings (SSSR count). The first-order chi connectivity index (χ1) is 9.04. The first-order valence-corrected chi connectivity index (χ1v) is 7.30. The fourth-order valence-corrected chi connectivity index (χ4v) is 2.65. The number of likely N-dealkylation sites (tertiary alicyclic amines) is 1. The molecule has 0 radical (unpaired) electrons. The Hall–Kier alpha value is -1.10. The summed E-state index contributed by atoms with van der Waals surface area (Å²) in [6.45, 7) is 4.97. The molecule has 110 valence electrons. The lowest BCUT2D eigenvalue weighted by atomic mass is 10.1. The summed E-state index contributed by atoms with van der Waals surface area (Å²) in [6, 6.07) is -0.345. The molecule has 0 aliphatic carbocycles. The summed E-state index contributed by atoms with van der Waals surface area (Å²) in [4.78, 5) is 25.0. The van der Waals surface area contributed by atoms with Crippen molar-refractivity contribution in [1.82, 2.24) is 10.2 Å². The molecule has 0 aromatic heterocycles. The highest BCUT2D eigenvalue weighted by atomic mass is 16.4. The van der Waals surface area contributed by atoms with Crippen molar-refractivity contribution < 1.29 is 14.7 Å². The third-order valence-corrected chi connectivity index (χ3v) is 3.62. The predicted molar refractivity (Wildman–Crippen MR) is 74.0 cm³/mol. The van der Waals surface area contributed by atoms with Gasteiger partial charge in [-0.2, -0.15) is 0 Å².